The highest BCUT2D eigenvalue weighted by Gasteiger charge is 2.18. The van der Waals surface area contributed by atoms with Crippen molar-refractivity contribution in [1.82, 2.24) is 9.55 Å². The van der Waals surface area contributed by atoms with Gasteiger partial charge in [-0.1, -0.05) is 29.9 Å². The maximum atomic E-state index is 13.9. The van der Waals surface area contributed by atoms with E-state index < -0.39 is 17.6 Å². The van der Waals surface area contributed by atoms with E-state index in [1.165, 1.54) is 10.6 Å². The van der Waals surface area contributed by atoms with Crippen LogP contribution < -0.4 is 0 Å². The molecule has 0 aliphatic rings. The van der Waals surface area contributed by atoms with Crippen molar-refractivity contribution in [1.29, 1.82) is 0 Å². The number of hydrogen-bond acceptors (Lipinski definition) is 3. The zero-order valence-electron chi connectivity index (χ0n) is 10.1. The van der Waals surface area contributed by atoms with Crippen LogP contribution in [0.4, 0.5) is 8.78 Å². The minimum absolute atomic E-state index is 0.0143. The van der Waals surface area contributed by atoms with Crippen LogP contribution in [0.3, 0.4) is 0 Å². The van der Waals surface area contributed by atoms with Gasteiger partial charge >= 0.3 is 5.97 Å². The first-order valence-electron chi connectivity index (χ1n) is 5.42. The summed E-state index contributed by atoms with van der Waals surface area (Å²) in [5.74, 6) is -3.34. The summed E-state index contributed by atoms with van der Waals surface area (Å²) < 4.78 is 28.5. The molecule has 0 radical (unpaired) electrons. The zero-order valence-corrected chi connectivity index (χ0v) is 11.6. The van der Waals surface area contributed by atoms with E-state index in [1.54, 1.807) is 0 Å². The Morgan fingerprint density at radius 1 is 1.50 bits per heavy atom. The molecule has 1 N–H and O–H groups in total. The van der Waals surface area contributed by atoms with Gasteiger partial charge in [0.15, 0.2) is 16.8 Å². The van der Waals surface area contributed by atoms with Crippen molar-refractivity contribution >= 4 is 40.4 Å². The molecule has 8 heteroatoms. The van der Waals surface area contributed by atoms with E-state index in [0.717, 1.165) is 17.8 Å². The standard InChI is InChI=1S/C12H9ClF2N2O2S/c1-6(13)4-17-11-8(3-2-7(14)10(11)15)16-12(17)20-5-9(18)19/h2-3H,1,4-5H2,(H,18,19). The predicted molar refractivity (Wildman–Crippen MR) is 73.0 cm³/mol. The van der Waals surface area contributed by atoms with Gasteiger partial charge in [-0.2, -0.15) is 0 Å². The van der Waals surface area contributed by atoms with Crippen LogP contribution >= 0.6 is 23.4 Å². The van der Waals surface area contributed by atoms with Crippen molar-refractivity contribution in [2.75, 3.05) is 5.75 Å². The fourth-order valence-electron chi connectivity index (χ4n) is 1.69. The molecular formula is C12H9ClF2N2O2S. The summed E-state index contributed by atoms with van der Waals surface area (Å²) in [6.07, 6.45) is 0. The molecule has 0 saturated heterocycles. The second-order valence-corrected chi connectivity index (χ2v) is 5.39. The average molecular weight is 319 g/mol. The number of allylic oxidation sites excluding steroid dienone is 1. The van der Waals surface area contributed by atoms with Crippen LogP contribution in [0.25, 0.3) is 11.0 Å². The van der Waals surface area contributed by atoms with Gasteiger partial charge in [-0.3, -0.25) is 4.79 Å². The first-order chi connectivity index (χ1) is 9.40. The SMILES string of the molecule is C=C(Cl)Cn1c(SCC(=O)O)nc2ccc(F)c(F)c21. The van der Waals surface area contributed by atoms with Crippen LogP contribution in [-0.2, 0) is 11.3 Å². The summed E-state index contributed by atoms with van der Waals surface area (Å²) in [5, 5.41) is 9.13. The van der Waals surface area contributed by atoms with E-state index in [0.29, 0.717) is 0 Å². The van der Waals surface area contributed by atoms with Crippen molar-refractivity contribution in [3.8, 4) is 0 Å². The molecule has 0 aliphatic carbocycles. The quantitative estimate of drug-likeness (QED) is 0.860. The molecule has 0 unspecified atom stereocenters. The molecule has 0 atom stereocenters. The summed E-state index contributed by atoms with van der Waals surface area (Å²) in [5.41, 5.74) is 0.175. The van der Waals surface area contributed by atoms with Crippen LogP contribution in [0.1, 0.15) is 0 Å². The molecule has 0 bridgehead atoms. The third kappa shape index (κ3) is 2.94. The van der Waals surface area contributed by atoms with Crippen molar-refractivity contribution < 1.29 is 18.7 Å². The largest absolute Gasteiger partial charge is 0.481 e. The molecule has 1 aromatic carbocycles. The second kappa shape index (κ2) is 5.80. The summed E-state index contributed by atoms with van der Waals surface area (Å²) in [4.78, 5) is 14.7. The van der Waals surface area contributed by atoms with Gasteiger partial charge in [0, 0.05) is 5.03 Å². The molecule has 0 spiro atoms. The number of carboxylic acids is 1. The number of benzene rings is 1. The molecule has 0 saturated carbocycles. The number of thioether (sulfide) groups is 1. The Morgan fingerprint density at radius 3 is 2.80 bits per heavy atom. The highest BCUT2D eigenvalue weighted by molar-refractivity contribution is 7.99. The first-order valence-corrected chi connectivity index (χ1v) is 6.78. The van der Waals surface area contributed by atoms with Crippen molar-refractivity contribution in [2.45, 2.75) is 11.7 Å². The number of halogens is 3. The molecule has 0 aliphatic heterocycles. The maximum absolute atomic E-state index is 13.9. The van der Waals surface area contributed by atoms with Crippen LogP contribution in [-0.4, -0.2) is 26.4 Å². The van der Waals surface area contributed by atoms with Gasteiger partial charge in [-0.25, -0.2) is 13.8 Å². The normalized spacial score (nSPS) is 10.9. The molecule has 0 amide bonds. The number of aliphatic carboxylic acids is 1. The van der Waals surface area contributed by atoms with E-state index in [2.05, 4.69) is 11.6 Å². The number of fused-ring (bicyclic) bond motifs is 1. The predicted octanol–water partition coefficient (Wildman–Crippen LogP) is 3.24. The number of aromatic nitrogens is 2. The van der Waals surface area contributed by atoms with E-state index in [9.17, 15) is 13.6 Å². The Labute approximate surface area is 122 Å². The van der Waals surface area contributed by atoms with E-state index in [-0.39, 0.29) is 33.5 Å². The van der Waals surface area contributed by atoms with E-state index in [1.807, 2.05) is 0 Å². The van der Waals surface area contributed by atoms with Gasteiger partial charge in [0.25, 0.3) is 0 Å². The molecule has 20 heavy (non-hydrogen) atoms. The van der Waals surface area contributed by atoms with Crippen LogP contribution in [0.5, 0.6) is 0 Å². The Kier molecular flexibility index (Phi) is 4.29. The Balaban J connectivity index is 2.58. The molecular weight excluding hydrogens is 310 g/mol. The van der Waals surface area contributed by atoms with Gasteiger partial charge < -0.3 is 9.67 Å². The average Bonchev–Trinajstić information content (AvgIpc) is 2.69. The van der Waals surface area contributed by atoms with Gasteiger partial charge in [0.1, 0.15) is 5.52 Å². The lowest BCUT2D eigenvalue weighted by Gasteiger charge is -2.07. The molecule has 1 aromatic heterocycles. The van der Waals surface area contributed by atoms with Crippen LogP contribution in [0.15, 0.2) is 28.9 Å². The van der Waals surface area contributed by atoms with Gasteiger partial charge in [-0.05, 0) is 12.1 Å². The number of carbonyl (C=O) groups is 1. The number of hydrogen-bond donors (Lipinski definition) is 1. The molecule has 0 fully saturated rings. The number of rotatable bonds is 5. The van der Waals surface area contributed by atoms with Crippen molar-refractivity contribution in [3.63, 3.8) is 0 Å². The zero-order chi connectivity index (χ0) is 14.9. The third-order valence-electron chi connectivity index (χ3n) is 2.42. The minimum atomic E-state index is -1.05. The highest BCUT2D eigenvalue weighted by atomic mass is 35.5. The third-order valence-corrected chi connectivity index (χ3v) is 3.50. The van der Waals surface area contributed by atoms with E-state index in [4.69, 9.17) is 16.7 Å². The van der Waals surface area contributed by atoms with Gasteiger partial charge in [-0.15, -0.1) is 0 Å². The number of nitrogens with zero attached hydrogens (tertiary/aromatic N) is 2. The van der Waals surface area contributed by atoms with E-state index >= 15 is 0 Å². The lowest BCUT2D eigenvalue weighted by molar-refractivity contribution is -0.133. The van der Waals surface area contributed by atoms with Crippen molar-refractivity contribution in [3.05, 3.63) is 35.4 Å². The Morgan fingerprint density at radius 2 is 2.20 bits per heavy atom. The monoisotopic (exact) mass is 318 g/mol. The Hall–Kier alpha value is -1.60. The van der Waals surface area contributed by atoms with Crippen LogP contribution in [0.2, 0.25) is 0 Å². The fourth-order valence-corrected chi connectivity index (χ4v) is 2.54. The Bertz CT molecular complexity index is 702. The lowest BCUT2D eigenvalue weighted by Crippen LogP contribution is -2.04. The van der Waals surface area contributed by atoms with Gasteiger partial charge in [0.05, 0.1) is 17.8 Å². The van der Waals surface area contributed by atoms with Crippen molar-refractivity contribution in [2.24, 2.45) is 0 Å². The first kappa shape index (κ1) is 14.8. The fraction of sp³-hybridized carbons (Fsp3) is 0.167. The molecule has 4 nitrogen and oxygen atoms in total. The second-order valence-electron chi connectivity index (χ2n) is 3.91. The van der Waals surface area contributed by atoms with Gasteiger partial charge in [0.2, 0.25) is 0 Å². The summed E-state index contributed by atoms with van der Waals surface area (Å²) in [6, 6.07) is 2.29. The molecule has 2 rings (SSSR count). The maximum Gasteiger partial charge on any atom is 0.313 e. The summed E-state index contributed by atoms with van der Waals surface area (Å²) in [7, 11) is 0. The number of carboxylic acid groups (broad SMARTS) is 1. The highest BCUT2D eigenvalue weighted by Crippen LogP contribution is 2.28. The lowest BCUT2D eigenvalue weighted by atomic mass is 10.3. The summed E-state index contributed by atoms with van der Waals surface area (Å²) in [6.45, 7) is 3.51. The molecule has 1 heterocycles. The number of imidazole rings is 1. The van der Waals surface area contributed by atoms with Crippen LogP contribution in [0, 0.1) is 11.6 Å². The molecule has 106 valence electrons. The molecule has 2 aromatic rings. The minimum Gasteiger partial charge on any atom is -0.481 e. The topological polar surface area (TPSA) is 55.1 Å². The summed E-state index contributed by atoms with van der Waals surface area (Å²) >= 11 is 6.61. The smallest absolute Gasteiger partial charge is 0.313 e.